The summed E-state index contributed by atoms with van der Waals surface area (Å²) >= 11 is 0. The summed E-state index contributed by atoms with van der Waals surface area (Å²) in [5.41, 5.74) is 5.12. The highest BCUT2D eigenvalue weighted by Gasteiger charge is 2.07. The molecule has 20 heavy (non-hydrogen) atoms. The van der Waals surface area contributed by atoms with Crippen LogP contribution in [0.5, 0.6) is 0 Å². The van der Waals surface area contributed by atoms with Gasteiger partial charge in [0.25, 0.3) is 0 Å². The second-order valence-corrected chi connectivity index (χ2v) is 5.41. The van der Waals surface area contributed by atoms with Crippen LogP contribution >= 0.6 is 0 Å². The predicted molar refractivity (Wildman–Crippen MR) is 82.4 cm³/mol. The molecule has 2 heteroatoms. The highest BCUT2D eigenvalue weighted by atomic mass is 19.1. The molecule has 0 radical (unpaired) electrons. The van der Waals surface area contributed by atoms with E-state index in [0.29, 0.717) is 6.04 Å². The summed E-state index contributed by atoms with van der Waals surface area (Å²) < 4.78 is 12.8. The number of halogens is 1. The number of aryl methyl sites for hydroxylation is 2. The molecular formula is C18H22FN. The fourth-order valence-electron chi connectivity index (χ4n) is 2.51. The maximum absolute atomic E-state index is 12.8. The normalized spacial score (nSPS) is 12.4. The van der Waals surface area contributed by atoms with Gasteiger partial charge in [-0.3, -0.25) is 0 Å². The summed E-state index contributed by atoms with van der Waals surface area (Å²) in [6.07, 6.45) is 0.912. The molecule has 0 saturated heterocycles. The molecule has 2 aromatic carbocycles. The summed E-state index contributed by atoms with van der Waals surface area (Å²) in [4.78, 5) is 0. The first-order valence-electron chi connectivity index (χ1n) is 7.11. The molecule has 0 aliphatic rings. The summed E-state index contributed by atoms with van der Waals surface area (Å²) in [5, 5.41) is 3.53. The van der Waals surface area contributed by atoms with Gasteiger partial charge in [0, 0.05) is 6.04 Å². The zero-order chi connectivity index (χ0) is 14.5. The average Bonchev–Trinajstić information content (AvgIpc) is 2.41. The Balaban J connectivity index is 1.88. The number of hydrogen-bond donors (Lipinski definition) is 1. The quantitative estimate of drug-likeness (QED) is 0.853. The van der Waals surface area contributed by atoms with Crippen molar-refractivity contribution in [2.24, 2.45) is 0 Å². The molecule has 0 heterocycles. The molecular weight excluding hydrogens is 249 g/mol. The van der Waals surface area contributed by atoms with E-state index in [-0.39, 0.29) is 5.82 Å². The lowest BCUT2D eigenvalue weighted by Crippen LogP contribution is -2.22. The van der Waals surface area contributed by atoms with Crippen molar-refractivity contribution in [2.45, 2.75) is 33.2 Å². The molecule has 0 aliphatic carbocycles. The van der Waals surface area contributed by atoms with Crippen LogP contribution in [0.25, 0.3) is 0 Å². The van der Waals surface area contributed by atoms with Crippen molar-refractivity contribution < 1.29 is 4.39 Å². The minimum Gasteiger partial charge on any atom is -0.310 e. The van der Waals surface area contributed by atoms with Crippen LogP contribution in [0.15, 0.2) is 42.5 Å². The van der Waals surface area contributed by atoms with Crippen molar-refractivity contribution in [1.82, 2.24) is 5.32 Å². The highest BCUT2D eigenvalue weighted by molar-refractivity contribution is 5.32. The van der Waals surface area contributed by atoms with Crippen LogP contribution in [0.1, 0.15) is 35.2 Å². The molecule has 0 aliphatic heterocycles. The Labute approximate surface area is 120 Å². The Morgan fingerprint density at radius 2 is 1.75 bits per heavy atom. The summed E-state index contributed by atoms with van der Waals surface area (Å²) in [7, 11) is 0. The molecule has 2 aromatic rings. The predicted octanol–water partition coefficient (Wildman–Crippen LogP) is 4.34. The molecule has 0 saturated carbocycles. The molecule has 0 amide bonds. The topological polar surface area (TPSA) is 12.0 Å². The smallest absolute Gasteiger partial charge is 0.123 e. The van der Waals surface area contributed by atoms with Crippen LogP contribution in [-0.2, 0) is 6.42 Å². The molecule has 1 atom stereocenters. The highest BCUT2D eigenvalue weighted by Crippen LogP contribution is 2.18. The number of benzene rings is 2. The second kappa shape index (κ2) is 6.67. The molecule has 1 N–H and O–H groups in total. The minimum atomic E-state index is -0.176. The SMILES string of the molecule is Cc1ccc(C(C)NCCc2ccc(F)cc2)c(C)c1. The maximum atomic E-state index is 12.8. The van der Waals surface area contributed by atoms with E-state index in [1.165, 1.54) is 28.8 Å². The van der Waals surface area contributed by atoms with Crippen LogP contribution in [-0.4, -0.2) is 6.54 Å². The zero-order valence-corrected chi connectivity index (χ0v) is 12.4. The standard InChI is InChI=1S/C18H22FN/c1-13-4-9-18(14(2)12-13)15(3)20-11-10-16-5-7-17(19)8-6-16/h4-9,12,15,20H,10-11H2,1-3H3. The molecule has 0 spiro atoms. The van der Waals surface area contributed by atoms with Crippen molar-refractivity contribution in [2.75, 3.05) is 6.54 Å². The Kier molecular flexibility index (Phi) is 4.91. The third-order valence-electron chi connectivity index (χ3n) is 3.67. The van der Waals surface area contributed by atoms with Crippen molar-refractivity contribution in [3.63, 3.8) is 0 Å². The first-order valence-corrected chi connectivity index (χ1v) is 7.11. The zero-order valence-electron chi connectivity index (χ0n) is 12.4. The lowest BCUT2D eigenvalue weighted by atomic mass is 10.00. The van der Waals surface area contributed by atoms with E-state index in [0.717, 1.165) is 18.5 Å². The van der Waals surface area contributed by atoms with Crippen LogP contribution in [0, 0.1) is 19.7 Å². The number of nitrogens with one attached hydrogen (secondary N) is 1. The number of rotatable bonds is 5. The van der Waals surface area contributed by atoms with Gasteiger partial charge >= 0.3 is 0 Å². The maximum Gasteiger partial charge on any atom is 0.123 e. The Morgan fingerprint density at radius 3 is 2.40 bits per heavy atom. The van der Waals surface area contributed by atoms with E-state index >= 15 is 0 Å². The van der Waals surface area contributed by atoms with Gasteiger partial charge in [-0.25, -0.2) is 4.39 Å². The van der Waals surface area contributed by atoms with Crippen molar-refractivity contribution in [1.29, 1.82) is 0 Å². The van der Waals surface area contributed by atoms with Crippen molar-refractivity contribution in [3.05, 3.63) is 70.5 Å². The van der Waals surface area contributed by atoms with Crippen molar-refractivity contribution >= 4 is 0 Å². The summed E-state index contributed by atoms with van der Waals surface area (Å²) in [6.45, 7) is 7.34. The van der Waals surface area contributed by atoms with Gasteiger partial charge in [0.05, 0.1) is 0 Å². The van der Waals surface area contributed by atoms with Gasteiger partial charge in [0.15, 0.2) is 0 Å². The van der Waals surface area contributed by atoms with Gasteiger partial charge in [-0.1, -0.05) is 35.9 Å². The van der Waals surface area contributed by atoms with E-state index in [4.69, 9.17) is 0 Å². The Bertz CT molecular complexity index is 560. The largest absolute Gasteiger partial charge is 0.310 e. The van der Waals surface area contributed by atoms with E-state index in [2.05, 4.69) is 44.3 Å². The molecule has 0 bridgehead atoms. The van der Waals surface area contributed by atoms with Gasteiger partial charge in [0.2, 0.25) is 0 Å². The van der Waals surface area contributed by atoms with Gasteiger partial charge in [-0.15, -0.1) is 0 Å². The van der Waals surface area contributed by atoms with Gasteiger partial charge in [0.1, 0.15) is 5.82 Å². The van der Waals surface area contributed by atoms with E-state index in [9.17, 15) is 4.39 Å². The van der Waals surface area contributed by atoms with Crippen LogP contribution in [0.2, 0.25) is 0 Å². The second-order valence-electron chi connectivity index (χ2n) is 5.41. The Morgan fingerprint density at radius 1 is 1.05 bits per heavy atom. The first-order chi connectivity index (χ1) is 9.56. The minimum absolute atomic E-state index is 0.176. The van der Waals surface area contributed by atoms with Crippen LogP contribution < -0.4 is 5.32 Å². The average molecular weight is 271 g/mol. The Hall–Kier alpha value is -1.67. The number of hydrogen-bond acceptors (Lipinski definition) is 1. The van der Waals surface area contributed by atoms with Gasteiger partial charge < -0.3 is 5.32 Å². The van der Waals surface area contributed by atoms with Crippen LogP contribution in [0.4, 0.5) is 4.39 Å². The summed E-state index contributed by atoms with van der Waals surface area (Å²) in [6, 6.07) is 13.6. The van der Waals surface area contributed by atoms with E-state index < -0.39 is 0 Å². The molecule has 1 nitrogen and oxygen atoms in total. The molecule has 1 unspecified atom stereocenters. The van der Waals surface area contributed by atoms with Crippen molar-refractivity contribution in [3.8, 4) is 0 Å². The fraction of sp³-hybridized carbons (Fsp3) is 0.333. The molecule has 0 aromatic heterocycles. The summed E-state index contributed by atoms with van der Waals surface area (Å²) in [5.74, 6) is -0.176. The van der Waals surface area contributed by atoms with E-state index in [1.54, 1.807) is 0 Å². The van der Waals surface area contributed by atoms with Crippen LogP contribution in [0.3, 0.4) is 0 Å². The monoisotopic (exact) mass is 271 g/mol. The lowest BCUT2D eigenvalue weighted by molar-refractivity contribution is 0.573. The lowest BCUT2D eigenvalue weighted by Gasteiger charge is -2.17. The van der Waals surface area contributed by atoms with Gasteiger partial charge in [-0.05, 0) is 62.6 Å². The third kappa shape index (κ3) is 3.91. The third-order valence-corrected chi connectivity index (χ3v) is 3.67. The molecule has 106 valence electrons. The van der Waals surface area contributed by atoms with Gasteiger partial charge in [-0.2, -0.15) is 0 Å². The fourth-order valence-corrected chi connectivity index (χ4v) is 2.51. The van der Waals surface area contributed by atoms with E-state index in [1.807, 2.05) is 12.1 Å². The molecule has 2 rings (SSSR count). The molecule has 0 fully saturated rings. The first kappa shape index (κ1) is 14.7.